The molecule has 4 heteroatoms. The van der Waals surface area contributed by atoms with E-state index >= 15 is 0 Å². The van der Waals surface area contributed by atoms with Gasteiger partial charge >= 0.3 is 0 Å². The zero-order chi connectivity index (χ0) is 56.1. The number of pyridine rings is 1. The molecule has 1 aromatic heterocycles. The molecule has 12 aromatic rings. The molecule has 0 bridgehead atoms. The van der Waals surface area contributed by atoms with Crippen LogP contribution in [0.25, 0.3) is 33.2 Å². The molecule has 11 aromatic carbocycles. The van der Waals surface area contributed by atoms with Crippen LogP contribution in [-0.2, 0) is 0 Å². The van der Waals surface area contributed by atoms with Gasteiger partial charge in [-0.3, -0.25) is 4.90 Å². The monoisotopic (exact) mass is 1060 g/mol. The van der Waals surface area contributed by atoms with Crippen molar-refractivity contribution in [3.05, 3.63) is 336 Å². The summed E-state index contributed by atoms with van der Waals surface area (Å²) >= 11 is 4.91. The Labute approximate surface area is 481 Å². The third-order valence-electron chi connectivity index (χ3n) is 13.5. The van der Waals surface area contributed by atoms with Crippen LogP contribution in [0.15, 0.2) is 302 Å². The van der Waals surface area contributed by atoms with E-state index in [1.165, 1.54) is 61.2 Å². The van der Waals surface area contributed by atoms with Gasteiger partial charge in [-0.1, -0.05) is 247 Å². The molecule has 3 nitrogen and oxygen atoms in total. The number of para-hydroxylation sites is 2. The largest absolute Gasteiger partial charge is 0.309 e. The minimum Gasteiger partial charge on any atom is -0.309 e. The molecule has 0 aliphatic heterocycles. The summed E-state index contributed by atoms with van der Waals surface area (Å²) in [4.78, 5) is 10.8. The second-order valence-corrected chi connectivity index (χ2v) is 20.3. The molecule has 12 rings (SSSR count). The van der Waals surface area contributed by atoms with Gasteiger partial charge in [0.05, 0.1) is 22.6 Å². The molecular formula is C76H71N3S. The van der Waals surface area contributed by atoms with E-state index in [0.29, 0.717) is 0 Å². The number of aromatic nitrogens is 1. The standard InChI is InChI=1S/C48H39N3S.4C7H8/c1-33-14-10-11-19-43(33)51(45-28-23-39(31-35(45)3)37-17-8-5-9-18-37)48-29-24-40-32-41(25-26-42(40)49-48)50(46-20-12-13-21-47(46)52)44-27-22-38(30-34(44)2)36-15-6-4-7-16-36;4*1-7-5-3-2-4-6-7/h4-32,52H,1-3H3;4*2-6H,1H3. The Morgan fingerprint density at radius 3 is 1.05 bits per heavy atom. The van der Waals surface area contributed by atoms with E-state index in [1.54, 1.807) is 0 Å². The first-order valence-corrected chi connectivity index (χ1v) is 27.7. The summed E-state index contributed by atoms with van der Waals surface area (Å²) in [5.41, 5.74) is 19.9. The molecule has 0 aliphatic rings. The lowest BCUT2D eigenvalue weighted by atomic mass is 10.0. The summed E-state index contributed by atoms with van der Waals surface area (Å²) in [5.74, 6) is 0.870. The van der Waals surface area contributed by atoms with E-state index in [4.69, 9.17) is 17.6 Å². The molecule has 0 atom stereocenters. The van der Waals surface area contributed by atoms with Crippen molar-refractivity contribution in [1.29, 1.82) is 0 Å². The number of aryl methyl sites for hydroxylation is 7. The average molecular weight is 1060 g/mol. The van der Waals surface area contributed by atoms with Crippen LogP contribution in [-0.4, -0.2) is 4.98 Å². The van der Waals surface area contributed by atoms with Gasteiger partial charge in [-0.2, -0.15) is 0 Å². The SMILES string of the molecule is Cc1cc(-c2ccccc2)ccc1N(c1ccc2nc(N(c3ccccc3C)c3ccc(-c4ccccc4)cc3C)ccc2c1)c1ccccc1S.Cc1ccccc1.Cc1ccccc1.Cc1ccccc1.Cc1ccccc1. The Morgan fingerprint density at radius 1 is 0.275 bits per heavy atom. The maximum absolute atomic E-state index is 5.31. The first-order chi connectivity index (χ1) is 39.0. The van der Waals surface area contributed by atoms with Gasteiger partial charge < -0.3 is 4.90 Å². The molecule has 1 heterocycles. The highest BCUT2D eigenvalue weighted by atomic mass is 32.1. The molecule has 80 heavy (non-hydrogen) atoms. The number of hydrogen-bond donors (Lipinski definition) is 1. The van der Waals surface area contributed by atoms with Crippen molar-refractivity contribution < 1.29 is 0 Å². The van der Waals surface area contributed by atoms with Crippen molar-refractivity contribution >= 4 is 57.8 Å². The highest BCUT2D eigenvalue weighted by Crippen LogP contribution is 2.43. The van der Waals surface area contributed by atoms with E-state index in [0.717, 1.165) is 50.1 Å². The van der Waals surface area contributed by atoms with Gasteiger partial charge in [-0.15, -0.1) is 12.6 Å². The van der Waals surface area contributed by atoms with Crippen LogP contribution in [0, 0.1) is 48.5 Å². The van der Waals surface area contributed by atoms with Gasteiger partial charge in [0.25, 0.3) is 0 Å². The third kappa shape index (κ3) is 15.9. The minimum absolute atomic E-state index is 0.870. The average Bonchev–Trinajstić information content (AvgIpc) is 3.69. The quantitative estimate of drug-likeness (QED) is 0.153. The smallest absolute Gasteiger partial charge is 0.138 e. The summed E-state index contributed by atoms with van der Waals surface area (Å²) in [6, 6.07) is 103. The summed E-state index contributed by atoms with van der Waals surface area (Å²) in [6.07, 6.45) is 0. The van der Waals surface area contributed by atoms with E-state index in [2.05, 4.69) is 271 Å². The van der Waals surface area contributed by atoms with E-state index < -0.39 is 0 Å². The number of anilines is 6. The lowest BCUT2D eigenvalue weighted by Crippen LogP contribution is -2.14. The number of fused-ring (bicyclic) bond motifs is 1. The number of benzene rings is 11. The number of thiol groups is 1. The van der Waals surface area contributed by atoms with Crippen LogP contribution in [0.1, 0.15) is 38.9 Å². The Hall–Kier alpha value is -9.22. The minimum atomic E-state index is 0.870. The van der Waals surface area contributed by atoms with Crippen LogP contribution in [0.4, 0.5) is 34.3 Å². The lowest BCUT2D eigenvalue weighted by molar-refractivity contribution is 1.17. The molecule has 0 fully saturated rings. The highest BCUT2D eigenvalue weighted by Gasteiger charge is 2.21. The van der Waals surface area contributed by atoms with Crippen LogP contribution >= 0.6 is 12.6 Å². The summed E-state index contributed by atoms with van der Waals surface area (Å²) in [5, 5.41) is 1.06. The van der Waals surface area contributed by atoms with Crippen LogP contribution < -0.4 is 9.80 Å². The topological polar surface area (TPSA) is 19.4 Å². The molecule has 0 saturated carbocycles. The Bertz CT molecular complexity index is 3470. The second-order valence-electron chi connectivity index (χ2n) is 19.8. The van der Waals surface area contributed by atoms with Crippen LogP contribution in [0.3, 0.4) is 0 Å². The van der Waals surface area contributed by atoms with Gasteiger partial charge in [0.1, 0.15) is 5.82 Å². The summed E-state index contributed by atoms with van der Waals surface area (Å²) in [7, 11) is 0. The lowest BCUT2D eigenvalue weighted by Gasteiger charge is -2.29. The number of rotatable bonds is 8. The van der Waals surface area contributed by atoms with Crippen molar-refractivity contribution in [2.75, 3.05) is 9.80 Å². The van der Waals surface area contributed by atoms with Gasteiger partial charge in [0.15, 0.2) is 0 Å². The fraction of sp³-hybridized carbons (Fsp3) is 0.0921. The van der Waals surface area contributed by atoms with Crippen molar-refractivity contribution in [3.8, 4) is 22.3 Å². The van der Waals surface area contributed by atoms with Crippen molar-refractivity contribution in [2.24, 2.45) is 0 Å². The van der Waals surface area contributed by atoms with Gasteiger partial charge in [0, 0.05) is 21.7 Å². The van der Waals surface area contributed by atoms with Crippen LogP contribution in [0.5, 0.6) is 0 Å². The van der Waals surface area contributed by atoms with Crippen molar-refractivity contribution in [1.82, 2.24) is 4.98 Å². The number of hydrogen-bond acceptors (Lipinski definition) is 4. The van der Waals surface area contributed by atoms with E-state index in [1.807, 2.05) is 84.9 Å². The molecule has 0 unspecified atom stereocenters. The predicted molar refractivity (Wildman–Crippen MR) is 348 cm³/mol. The molecule has 0 radical (unpaired) electrons. The molecule has 0 amide bonds. The van der Waals surface area contributed by atoms with E-state index in [9.17, 15) is 0 Å². The number of nitrogens with zero attached hydrogens (tertiary/aromatic N) is 3. The van der Waals surface area contributed by atoms with Gasteiger partial charge in [-0.05, 0) is 160 Å². The van der Waals surface area contributed by atoms with Gasteiger partial charge in [-0.25, -0.2) is 4.98 Å². The Kier molecular flexibility index (Phi) is 20.6. The normalized spacial score (nSPS) is 10.2. The fourth-order valence-electron chi connectivity index (χ4n) is 9.19. The molecule has 0 spiro atoms. The molecule has 0 N–H and O–H groups in total. The zero-order valence-corrected chi connectivity index (χ0v) is 48.0. The predicted octanol–water partition coefficient (Wildman–Crippen LogP) is 21.7. The maximum atomic E-state index is 5.31. The van der Waals surface area contributed by atoms with Crippen molar-refractivity contribution in [2.45, 2.75) is 53.4 Å². The molecular weight excluding hydrogens is 987 g/mol. The summed E-state index contributed by atoms with van der Waals surface area (Å²) < 4.78 is 0. The summed E-state index contributed by atoms with van der Waals surface area (Å²) in [6.45, 7) is 14.9. The second kappa shape index (κ2) is 29.0. The Morgan fingerprint density at radius 2 is 0.650 bits per heavy atom. The zero-order valence-electron chi connectivity index (χ0n) is 47.1. The van der Waals surface area contributed by atoms with E-state index in [-0.39, 0.29) is 0 Å². The Balaban J connectivity index is 0.000000241. The van der Waals surface area contributed by atoms with Gasteiger partial charge in [0.2, 0.25) is 0 Å². The molecule has 0 aliphatic carbocycles. The molecule has 396 valence electrons. The van der Waals surface area contributed by atoms with Crippen molar-refractivity contribution in [3.63, 3.8) is 0 Å². The highest BCUT2D eigenvalue weighted by molar-refractivity contribution is 7.80. The van der Waals surface area contributed by atoms with Crippen LogP contribution in [0.2, 0.25) is 0 Å². The third-order valence-corrected chi connectivity index (χ3v) is 13.9. The maximum Gasteiger partial charge on any atom is 0.138 e. The molecule has 0 saturated heterocycles. The fourth-order valence-corrected chi connectivity index (χ4v) is 9.45. The first kappa shape index (κ1) is 57.0. The first-order valence-electron chi connectivity index (χ1n) is 27.3.